The summed E-state index contributed by atoms with van der Waals surface area (Å²) in [4.78, 5) is 39.3. The standard InChI is InChI=1S/C31H26N2O5/c1-19-8-12-25(14-20(19)2)33-30(35)26(29(34)32-31(33)36)16-21-10-13-27(28(17-21)37-3)38-18-22-9-11-23-6-4-5-7-24(23)15-22/h4-17H,18H2,1-3H3,(H,32,34,36)/b26-16+. The number of imide groups is 2. The minimum absolute atomic E-state index is 0.158. The number of benzene rings is 4. The van der Waals surface area contributed by atoms with Gasteiger partial charge < -0.3 is 9.47 Å². The Hall–Kier alpha value is -4.91. The van der Waals surface area contributed by atoms with E-state index in [0.717, 1.165) is 32.4 Å². The van der Waals surface area contributed by atoms with Gasteiger partial charge in [-0.3, -0.25) is 14.9 Å². The zero-order valence-electron chi connectivity index (χ0n) is 21.3. The topological polar surface area (TPSA) is 84.9 Å². The minimum Gasteiger partial charge on any atom is -0.493 e. The second-order valence-electron chi connectivity index (χ2n) is 9.11. The number of nitrogens with zero attached hydrogens (tertiary/aromatic N) is 1. The Morgan fingerprint density at radius 1 is 0.816 bits per heavy atom. The van der Waals surface area contributed by atoms with Crippen molar-refractivity contribution >= 4 is 40.4 Å². The Bertz CT molecular complexity index is 1620. The fraction of sp³-hybridized carbons (Fsp3) is 0.129. The summed E-state index contributed by atoms with van der Waals surface area (Å²) in [6.45, 7) is 4.17. The molecule has 0 aromatic heterocycles. The average molecular weight is 507 g/mol. The monoisotopic (exact) mass is 506 g/mol. The van der Waals surface area contributed by atoms with Gasteiger partial charge in [0.05, 0.1) is 12.8 Å². The van der Waals surface area contributed by atoms with Gasteiger partial charge in [-0.2, -0.15) is 0 Å². The molecule has 190 valence electrons. The molecule has 7 heteroatoms. The lowest BCUT2D eigenvalue weighted by molar-refractivity contribution is -0.122. The van der Waals surface area contributed by atoms with E-state index in [0.29, 0.717) is 29.4 Å². The summed E-state index contributed by atoms with van der Waals surface area (Å²) >= 11 is 0. The highest BCUT2D eigenvalue weighted by atomic mass is 16.5. The molecule has 1 aliphatic heterocycles. The summed E-state index contributed by atoms with van der Waals surface area (Å²) in [5.74, 6) is -0.478. The predicted octanol–water partition coefficient (Wildman–Crippen LogP) is 5.71. The molecular weight excluding hydrogens is 480 g/mol. The Morgan fingerprint density at radius 2 is 1.61 bits per heavy atom. The van der Waals surface area contributed by atoms with E-state index in [2.05, 4.69) is 29.6 Å². The minimum atomic E-state index is -0.782. The maximum absolute atomic E-state index is 13.2. The predicted molar refractivity (Wildman–Crippen MR) is 146 cm³/mol. The third kappa shape index (κ3) is 4.86. The number of rotatable bonds is 6. The van der Waals surface area contributed by atoms with Crippen LogP contribution in [0.2, 0.25) is 0 Å². The maximum atomic E-state index is 13.2. The van der Waals surface area contributed by atoms with Crippen molar-refractivity contribution in [3.05, 3.63) is 107 Å². The number of methoxy groups -OCH3 is 1. The van der Waals surface area contributed by atoms with Gasteiger partial charge in [0.25, 0.3) is 11.8 Å². The number of nitrogens with one attached hydrogen (secondary N) is 1. The molecule has 4 aromatic carbocycles. The number of carbonyl (C=O) groups is 3. The lowest BCUT2D eigenvalue weighted by Crippen LogP contribution is -2.54. The van der Waals surface area contributed by atoms with E-state index in [-0.39, 0.29) is 5.57 Å². The summed E-state index contributed by atoms with van der Waals surface area (Å²) in [6.07, 6.45) is 1.44. The molecule has 0 bridgehead atoms. The van der Waals surface area contributed by atoms with Crippen molar-refractivity contribution < 1.29 is 23.9 Å². The molecule has 1 N–H and O–H groups in total. The summed E-state index contributed by atoms with van der Waals surface area (Å²) < 4.78 is 11.5. The first-order chi connectivity index (χ1) is 18.3. The molecule has 0 aliphatic carbocycles. The van der Waals surface area contributed by atoms with Crippen LogP contribution in [0.15, 0.2) is 84.4 Å². The van der Waals surface area contributed by atoms with Crippen molar-refractivity contribution in [2.75, 3.05) is 12.0 Å². The number of aryl methyl sites for hydroxylation is 2. The van der Waals surface area contributed by atoms with Crippen LogP contribution >= 0.6 is 0 Å². The fourth-order valence-corrected chi connectivity index (χ4v) is 4.31. The lowest BCUT2D eigenvalue weighted by atomic mass is 10.0. The van der Waals surface area contributed by atoms with Crippen molar-refractivity contribution in [3.63, 3.8) is 0 Å². The molecule has 38 heavy (non-hydrogen) atoms. The van der Waals surface area contributed by atoms with Crippen LogP contribution in [0.4, 0.5) is 10.5 Å². The van der Waals surface area contributed by atoms with Crippen molar-refractivity contribution in [2.24, 2.45) is 0 Å². The van der Waals surface area contributed by atoms with E-state index in [4.69, 9.17) is 9.47 Å². The first kappa shape index (κ1) is 24.8. The zero-order valence-corrected chi connectivity index (χ0v) is 21.3. The molecule has 0 spiro atoms. The normalized spacial score (nSPS) is 14.7. The fourth-order valence-electron chi connectivity index (χ4n) is 4.31. The number of ether oxygens (including phenoxy) is 2. The molecule has 4 aromatic rings. The van der Waals surface area contributed by atoms with Crippen molar-refractivity contribution in [1.29, 1.82) is 0 Å². The van der Waals surface area contributed by atoms with Gasteiger partial charge in [-0.25, -0.2) is 9.69 Å². The number of hydrogen-bond donors (Lipinski definition) is 1. The van der Waals surface area contributed by atoms with E-state index in [9.17, 15) is 14.4 Å². The van der Waals surface area contributed by atoms with E-state index in [1.807, 2.05) is 38.1 Å². The molecule has 5 rings (SSSR count). The van der Waals surface area contributed by atoms with Crippen LogP contribution in [-0.4, -0.2) is 25.0 Å². The van der Waals surface area contributed by atoms with Crippen LogP contribution in [0.1, 0.15) is 22.3 Å². The number of carbonyl (C=O) groups excluding carboxylic acids is 3. The van der Waals surface area contributed by atoms with Gasteiger partial charge in [0.2, 0.25) is 0 Å². The zero-order chi connectivity index (χ0) is 26.8. The Balaban J connectivity index is 1.38. The van der Waals surface area contributed by atoms with Gasteiger partial charge >= 0.3 is 6.03 Å². The molecule has 7 nitrogen and oxygen atoms in total. The Labute approximate surface area is 220 Å². The van der Waals surface area contributed by atoms with Crippen LogP contribution in [-0.2, 0) is 16.2 Å². The number of anilines is 1. The van der Waals surface area contributed by atoms with E-state index < -0.39 is 17.8 Å². The molecule has 0 radical (unpaired) electrons. The molecule has 1 heterocycles. The van der Waals surface area contributed by atoms with Crippen molar-refractivity contribution in [1.82, 2.24) is 5.32 Å². The van der Waals surface area contributed by atoms with E-state index in [1.54, 1.807) is 30.3 Å². The summed E-state index contributed by atoms with van der Waals surface area (Å²) in [5.41, 5.74) is 3.75. The SMILES string of the molecule is COc1cc(/C=C2\C(=O)NC(=O)N(c3ccc(C)c(C)c3)C2=O)ccc1OCc1ccc2ccccc2c1. The summed E-state index contributed by atoms with van der Waals surface area (Å²) in [6, 6.07) is 23.9. The highest BCUT2D eigenvalue weighted by Crippen LogP contribution is 2.31. The molecule has 1 fully saturated rings. The maximum Gasteiger partial charge on any atom is 0.335 e. The van der Waals surface area contributed by atoms with Crippen LogP contribution in [0.5, 0.6) is 11.5 Å². The number of barbiturate groups is 1. The van der Waals surface area contributed by atoms with E-state index in [1.165, 1.54) is 13.2 Å². The van der Waals surface area contributed by atoms with Gasteiger partial charge in [-0.1, -0.05) is 48.5 Å². The first-order valence-electron chi connectivity index (χ1n) is 12.1. The Morgan fingerprint density at radius 3 is 2.37 bits per heavy atom. The largest absolute Gasteiger partial charge is 0.493 e. The molecule has 0 unspecified atom stereocenters. The number of urea groups is 1. The number of fused-ring (bicyclic) bond motifs is 1. The van der Waals surface area contributed by atoms with E-state index >= 15 is 0 Å². The van der Waals surface area contributed by atoms with Gasteiger partial charge in [0, 0.05) is 0 Å². The third-order valence-electron chi connectivity index (χ3n) is 6.56. The van der Waals surface area contributed by atoms with Crippen LogP contribution in [0.25, 0.3) is 16.8 Å². The highest BCUT2D eigenvalue weighted by Gasteiger charge is 2.37. The van der Waals surface area contributed by atoms with Crippen molar-refractivity contribution in [2.45, 2.75) is 20.5 Å². The van der Waals surface area contributed by atoms with Crippen LogP contribution in [0.3, 0.4) is 0 Å². The average Bonchev–Trinajstić information content (AvgIpc) is 2.91. The Kier molecular flexibility index (Phi) is 6.66. The second kappa shape index (κ2) is 10.2. The highest BCUT2D eigenvalue weighted by molar-refractivity contribution is 6.39. The smallest absolute Gasteiger partial charge is 0.335 e. The molecule has 1 aliphatic rings. The molecule has 0 atom stereocenters. The summed E-state index contributed by atoms with van der Waals surface area (Å²) in [7, 11) is 1.52. The molecule has 1 saturated heterocycles. The number of amides is 4. The van der Waals surface area contributed by atoms with Gasteiger partial charge in [-0.15, -0.1) is 0 Å². The second-order valence-corrected chi connectivity index (χ2v) is 9.11. The van der Waals surface area contributed by atoms with Crippen LogP contribution in [0, 0.1) is 13.8 Å². The lowest BCUT2D eigenvalue weighted by Gasteiger charge is -2.26. The van der Waals surface area contributed by atoms with Gasteiger partial charge in [-0.05, 0) is 83.3 Å². The first-order valence-corrected chi connectivity index (χ1v) is 12.1. The van der Waals surface area contributed by atoms with Gasteiger partial charge in [0.15, 0.2) is 11.5 Å². The van der Waals surface area contributed by atoms with Gasteiger partial charge in [0.1, 0.15) is 12.2 Å². The third-order valence-corrected chi connectivity index (χ3v) is 6.56. The quantitative estimate of drug-likeness (QED) is 0.267. The molecular formula is C31H26N2O5. The molecule has 0 saturated carbocycles. The molecule has 4 amide bonds. The van der Waals surface area contributed by atoms with Crippen molar-refractivity contribution in [3.8, 4) is 11.5 Å². The number of hydrogen-bond acceptors (Lipinski definition) is 5. The summed E-state index contributed by atoms with van der Waals surface area (Å²) in [5, 5.41) is 4.55. The van der Waals surface area contributed by atoms with Crippen LogP contribution < -0.4 is 19.7 Å².